The van der Waals surface area contributed by atoms with Crippen LogP contribution < -0.4 is 0 Å². The van der Waals surface area contributed by atoms with Crippen molar-refractivity contribution < 1.29 is 8.42 Å². The van der Waals surface area contributed by atoms with Gasteiger partial charge in [0.1, 0.15) is 4.90 Å². The Morgan fingerprint density at radius 2 is 1.81 bits per heavy atom. The molecule has 0 aromatic heterocycles. The number of rotatable bonds is 3. The van der Waals surface area contributed by atoms with E-state index < -0.39 is 10.0 Å². The van der Waals surface area contributed by atoms with E-state index >= 15 is 0 Å². The number of hydrogen-bond donors (Lipinski definition) is 0. The molecule has 0 spiro atoms. The lowest BCUT2D eigenvalue weighted by Crippen LogP contribution is -2.22. The Kier molecular flexibility index (Phi) is 4.49. The second-order valence-electron chi connectivity index (χ2n) is 3.30. The molecule has 0 radical (unpaired) electrons. The minimum absolute atomic E-state index is 0.0256. The van der Waals surface area contributed by atoms with Gasteiger partial charge in [-0.05, 0) is 17.7 Å². The van der Waals surface area contributed by atoms with Crippen molar-refractivity contribution in [3.05, 3.63) is 27.7 Å². The normalized spacial score (nSPS) is 12.1. The zero-order chi connectivity index (χ0) is 12.5. The maximum absolute atomic E-state index is 11.9. The van der Waals surface area contributed by atoms with Crippen molar-refractivity contribution >= 4 is 44.8 Å². The summed E-state index contributed by atoms with van der Waals surface area (Å²) in [5.74, 6) is 0.106. The van der Waals surface area contributed by atoms with Gasteiger partial charge in [-0.1, -0.05) is 23.2 Å². The second kappa shape index (κ2) is 5.10. The maximum atomic E-state index is 11.9. The fourth-order valence-electron chi connectivity index (χ4n) is 1.10. The molecule has 7 heteroatoms. The van der Waals surface area contributed by atoms with Crippen molar-refractivity contribution in [3.63, 3.8) is 0 Å². The minimum atomic E-state index is -3.60. The molecule has 0 unspecified atom stereocenters. The smallest absolute Gasteiger partial charge is 0.207 e. The van der Waals surface area contributed by atoms with Crippen molar-refractivity contribution in [2.45, 2.75) is 10.8 Å². The maximum Gasteiger partial charge on any atom is 0.244 e. The molecule has 0 saturated heterocycles. The van der Waals surface area contributed by atoms with Crippen molar-refractivity contribution in [2.75, 3.05) is 14.1 Å². The summed E-state index contributed by atoms with van der Waals surface area (Å²) in [4.78, 5) is -0.0256. The molecule has 0 aliphatic carbocycles. The molecule has 0 atom stereocenters. The molecule has 0 aliphatic heterocycles. The van der Waals surface area contributed by atoms with Crippen LogP contribution >= 0.6 is 34.8 Å². The van der Waals surface area contributed by atoms with E-state index in [4.69, 9.17) is 34.8 Å². The van der Waals surface area contributed by atoms with E-state index in [9.17, 15) is 8.42 Å². The van der Waals surface area contributed by atoms with Gasteiger partial charge < -0.3 is 0 Å². The summed E-state index contributed by atoms with van der Waals surface area (Å²) in [6, 6.07) is 2.86. The molecule has 1 aromatic rings. The van der Waals surface area contributed by atoms with Crippen LogP contribution in [0.2, 0.25) is 10.0 Å². The number of halogens is 3. The van der Waals surface area contributed by atoms with E-state index in [1.54, 1.807) is 6.07 Å². The summed E-state index contributed by atoms with van der Waals surface area (Å²) in [5, 5.41) is 0.411. The monoisotopic (exact) mass is 301 g/mol. The molecular weight excluding hydrogens is 293 g/mol. The number of nitrogens with zero attached hydrogens (tertiary/aromatic N) is 1. The lowest BCUT2D eigenvalue weighted by molar-refractivity contribution is 0.520. The van der Waals surface area contributed by atoms with Gasteiger partial charge in [-0.15, -0.1) is 11.6 Å². The molecule has 0 bridgehead atoms. The van der Waals surface area contributed by atoms with Gasteiger partial charge in [0, 0.05) is 25.0 Å². The van der Waals surface area contributed by atoms with E-state index in [2.05, 4.69) is 0 Å². The standard InChI is InChI=1S/C9H10Cl3NO2S/c1-13(2)16(14,15)8-4-7(11)3-6(5-10)9(8)12/h3-4H,5H2,1-2H3. The van der Waals surface area contributed by atoms with Gasteiger partial charge in [0.25, 0.3) is 0 Å². The topological polar surface area (TPSA) is 37.4 Å². The summed E-state index contributed by atoms with van der Waals surface area (Å²) in [5.41, 5.74) is 0.497. The average Bonchev–Trinajstić information content (AvgIpc) is 2.20. The zero-order valence-corrected chi connectivity index (χ0v) is 11.8. The van der Waals surface area contributed by atoms with Gasteiger partial charge in [-0.3, -0.25) is 0 Å². The van der Waals surface area contributed by atoms with Gasteiger partial charge in [-0.25, -0.2) is 12.7 Å². The van der Waals surface area contributed by atoms with Crippen LogP contribution in [0.5, 0.6) is 0 Å². The summed E-state index contributed by atoms with van der Waals surface area (Å²) in [7, 11) is -0.757. The second-order valence-corrected chi connectivity index (χ2v) is 6.50. The molecule has 0 heterocycles. The van der Waals surface area contributed by atoms with E-state index in [-0.39, 0.29) is 15.8 Å². The van der Waals surface area contributed by atoms with E-state index in [1.165, 1.54) is 20.2 Å². The minimum Gasteiger partial charge on any atom is -0.207 e. The molecular formula is C9H10Cl3NO2S. The molecule has 0 aliphatic rings. The van der Waals surface area contributed by atoms with Crippen molar-refractivity contribution in [3.8, 4) is 0 Å². The average molecular weight is 303 g/mol. The zero-order valence-electron chi connectivity index (χ0n) is 8.67. The summed E-state index contributed by atoms with van der Waals surface area (Å²) >= 11 is 17.4. The van der Waals surface area contributed by atoms with Gasteiger partial charge in [0.15, 0.2) is 0 Å². The Morgan fingerprint density at radius 1 is 1.25 bits per heavy atom. The summed E-state index contributed by atoms with van der Waals surface area (Å²) in [6.45, 7) is 0. The van der Waals surface area contributed by atoms with Gasteiger partial charge in [-0.2, -0.15) is 0 Å². The predicted molar refractivity (Wildman–Crippen MR) is 66.9 cm³/mol. The Morgan fingerprint density at radius 3 is 2.25 bits per heavy atom. The predicted octanol–water partition coefficient (Wildman–Crippen LogP) is 2.98. The van der Waals surface area contributed by atoms with Crippen LogP contribution in [0.4, 0.5) is 0 Å². The Hall–Kier alpha value is -0.000000000000000111. The third-order valence-corrected chi connectivity index (χ3v) is 4.89. The van der Waals surface area contributed by atoms with Crippen LogP contribution in [0.3, 0.4) is 0 Å². The molecule has 0 saturated carbocycles. The summed E-state index contributed by atoms with van der Waals surface area (Å²) in [6.07, 6.45) is 0. The van der Waals surface area contributed by atoms with Crippen LogP contribution in [0.25, 0.3) is 0 Å². The van der Waals surface area contributed by atoms with Crippen LogP contribution in [0, 0.1) is 0 Å². The van der Waals surface area contributed by atoms with Gasteiger partial charge >= 0.3 is 0 Å². The Labute approximate surface area is 110 Å². The molecule has 3 nitrogen and oxygen atoms in total. The molecule has 90 valence electrons. The van der Waals surface area contributed by atoms with Gasteiger partial charge in [0.2, 0.25) is 10.0 Å². The fraction of sp³-hybridized carbons (Fsp3) is 0.333. The highest BCUT2D eigenvalue weighted by Crippen LogP contribution is 2.31. The largest absolute Gasteiger partial charge is 0.244 e. The van der Waals surface area contributed by atoms with Crippen LogP contribution in [-0.4, -0.2) is 26.8 Å². The first-order valence-corrected chi connectivity index (χ1v) is 7.00. The van der Waals surface area contributed by atoms with Crippen LogP contribution in [-0.2, 0) is 15.9 Å². The van der Waals surface area contributed by atoms with E-state index in [0.717, 1.165) is 4.31 Å². The van der Waals surface area contributed by atoms with Crippen molar-refractivity contribution in [2.24, 2.45) is 0 Å². The van der Waals surface area contributed by atoms with E-state index in [0.29, 0.717) is 10.6 Å². The molecule has 0 N–H and O–H groups in total. The lowest BCUT2D eigenvalue weighted by atomic mass is 10.2. The van der Waals surface area contributed by atoms with Gasteiger partial charge in [0.05, 0.1) is 5.02 Å². The number of sulfonamides is 1. The van der Waals surface area contributed by atoms with Crippen LogP contribution in [0.1, 0.15) is 5.56 Å². The SMILES string of the molecule is CN(C)S(=O)(=O)c1cc(Cl)cc(CCl)c1Cl. The first-order chi connectivity index (χ1) is 7.30. The number of alkyl halides is 1. The molecule has 1 rings (SSSR count). The molecule has 0 amide bonds. The van der Waals surface area contributed by atoms with E-state index in [1.807, 2.05) is 0 Å². The number of benzene rings is 1. The highest BCUT2D eigenvalue weighted by atomic mass is 35.5. The first kappa shape index (κ1) is 14.1. The Balaban J connectivity index is 3.52. The first-order valence-electron chi connectivity index (χ1n) is 4.27. The molecule has 1 aromatic carbocycles. The van der Waals surface area contributed by atoms with Crippen LogP contribution in [0.15, 0.2) is 17.0 Å². The molecule has 0 fully saturated rings. The molecule has 16 heavy (non-hydrogen) atoms. The van der Waals surface area contributed by atoms with Crippen molar-refractivity contribution in [1.29, 1.82) is 0 Å². The highest BCUT2D eigenvalue weighted by molar-refractivity contribution is 7.89. The van der Waals surface area contributed by atoms with Crippen molar-refractivity contribution in [1.82, 2.24) is 4.31 Å². The fourth-order valence-corrected chi connectivity index (χ4v) is 3.18. The highest BCUT2D eigenvalue weighted by Gasteiger charge is 2.23. The lowest BCUT2D eigenvalue weighted by Gasteiger charge is -2.14. The summed E-state index contributed by atoms with van der Waals surface area (Å²) < 4.78 is 24.9. The number of hydrogen-bond acceptors (Lipinski definition) is 2. The quantitative estimate of drug-likeness (QED) is 0.805. The third kappa shape index (κ3) is 2.63. The third-order valence-electron chi connectivity index (χ3n) is 1.98. The Bertz CT molecular complexity index is 500.